The normalized spacial score (nSPS) is 17.2. The zero-order valence-electron chi connectivity index (χ0n) is 14.1. The lowest BCUT2D eigenvalue weighted by atomic mass is 9.93. The van der Waals surface area contributed by atoms with Crippen LogP contribution >= 0.6 is 12.2 Å². The molecule has 0 bridgehead atoms. The molecule has 6 nitrogen and oxygen atoms in total. The van der Waals surface area contributed by atoms with E-state index in [0.717, 1.165) is 10.9 Å². The summed E-state index contributed by atoms with van der Waals surface area (Å²) in [4.78, 5) is 24.5. The molecular formula is C18H18N2O4S. The topological polar surface area (TPSA) is 80.6 Å². The Hall–Kier alpha value is -2.67. The Morgan fingerprint density at radius 2 is 2.08 bits per heavy atom. The predicted octanol–water partition coefficient (Wildman–Crippen LogP) is 2.46. The Morgan fingerprint density at radius 1 is 1.32 bits per heavy atom. The molecule has 0 radical (unpaired) electrons. The number of hydrogen-bond acceptors (Lipinski definition) is 5. The van der Waals surface area contributed by atoms with Crippen molar-refractivity contribution in [2.24, 2.45) is 0 Å². The van der Waals surface area contributed by atoms with E-state index in [1.807, 2.05) is 19.1 Å². The van der Waals surface area contributed by atoms with Gasteiger partial charge in [-0.15, -0.1) is 0 Å². The lowest BCUT2D eigenvalue weighted by Crippen LogP contribution is -2.45. The van der Waals surface area contributed by atoms with Gasteiger partial charge >= 0.3 is 11.6 Å². The molecule has 2 aromatic rings. The van der Waals surface area contributed by atoms with Gasteiger partial charge in [0.15, 0.2) is 5.11 Å². The van der Waals surface area contributed by atoms with Crippen LogP contribution in [0, 0.1) is 6.92 Å². The molecule has 2 heterocycles. The van der Waals surface area contributed by atoms with Crippen molar-refractivity contribution in [3.63, 3.8) is 0 Å². The Labute approximate surface area is 149 Å². The highest BCUT2D eigenvalue weighted by Crippen LogP contribution is 2.32. The Balaban J connectivity index is 2.24. The third-order valence-electron chi connectivity index (χ3n) is 4.01. The van der Waals surface area contributed by atoms with Crippen LogP contribution in [0.1, 0.15) is 31.0 Å². The number of nitrogens with one attached hydrogen (secondary N) is 2. The predicted molar refractivity (Wildman–Crippen MR) is 98.2 cm³/mol. The molecule has 2 N–H and O–H groups in total. The molecule has 0 amide bonds. The maximum absolute atomic E-state index is 12.5. The summed E-state index contributed by atoms with van der Waals surface area (Å²) in [6, 6.07) is 6.37. The van der Waals surface area contributed by atoms with Gasteiger partial charge in [0, 0.05) is 17.1 Å². The quantitative estimate of drug-likeness (QED) is 0.495. The molecule has 0 saturated heterocycles. The second-order valence-corrected chi connectivity index (χ2v) is 6.22. The van der Waals surface area contributed by atoms with Gasteiger partial charge in [-0.2, -0.15) is 0 Å². The largest absolute Gasteiger partial charge is 0.463 e. The number of rotatable bonds is 3. The number of benzene rings is 1. The van der Waals surface area contributed by atoms with E-state index in [1.165, 1.54) is 6.07 Å². The summed E-state index contributed by atoms with van der Waals surface area (Å²) in [6.45, 7) is 5.67. The number of hydrogen-bond donors (Lipinski definition) is 2. The highest BCUT2D eigenvalue weighted by molar-refractivity contribution is 7.80. The van der Waals surface area contributed by atoms with Crippen LogP contribution in [0.3, 0.4) is 0 Å². The van der Waals surface area contributed by atoms with Crippen molar-refractivity contribution in [3.8, 4) is 0 Å². The van der Waals surface area contributed by atoms with E-state index in [2.05, 4.69) is 10.6 Å². The van der Waals surface area contributed by atoms with Crippen LogP contribution in [0.2, 0.25) is 0 Å². The third kappa shape index (κ3) is 3.28. The van der Waals surface area contributed by atoms with Crippen molar-refractivity contribution in [1.82, 2.24) is 10.6 Å². The van der Waals surface area contributed by atoms with Crippen molar-refractivity contribution in [1.29, 1.82) is 0 Å². The number of fused-ring (bicyclic) bond motifs is 1. The molecule has 1 aromatic carbocycles. The molecule has 0 saturated carbocycles. The van der Waals surface area contributed by atoms with Crippen molar-refractivity contribution in [2.45, 2.75) is 26.8 Å². The van der Waals surface area contributed by atoms with Gasteiger partial charge < -0.3 is 19.8 Å². The molecule has 7 heteroatoms. The molecule has 3 rings (SSSR count). The zero-order chi connectivity index (χ0) is 18.1. The van der Waals surface area contributed by atoms with E-state index in [0.29, 0.717) is 27.5 Å². The minimum absolute atomic E-state index is 0.254. The average molecular weight is 358 g/mol. The number of esters is 1. The van der Waals surface area contributed by atoms with Crippen LogP contribution in [0.5, 0.6) is 0 Å². The summed E-state index contributed by atoms with van der Waals surface area (Å²) >= 11 is 5.23. The smallest absolute Gasteiger partial charge is 0.338 e. The van der Waals surface area contributed by atoms with Crippen LogP contribution in [0.4, 0.5) is 0 Å². The van der Waals surface area contributed by atoms with Gasteiger partial charge in [0.1, 0.15) is 5.58 Å². The van der Waals surface area contributed by atoms with Gasteiger partial charge in [-0.3, -0.25) is 0 Å². The number of aryl methyl sites for hydroxylation is 1. The molecule has 0 fully saturated rings. The number of carbonyl (C=O) groups is 1. The summed E-state index contributed by atoms with van der Waals surface area (Å²) < 4.78 is 10.5. The lowest BCUT2D eigenvalue weighted by Gasteiger charge is -2.30. The zero-order valence-corrected chi connectivity index (χ0v) is 15.0. The minimum Gasteiger partial charge on any atom is -0.463 e. The average Bonchev–Trinajstić information content (AvgIpc) is 2.52. The first-order valence-electron chi connectivity index (χ1n) is 7.90. The van der Waals surface area contributed by atoms with E-state index in [1.54, 1.807) is 19.9 Å². The standard InChI is InChI=1S/C18H18N2O4S/c1-4-23-17(22)15-10(3)19-18(25)20-16(15)12-8-14(21)24-13-7-9(2)5-6-11(12)13/h5-8,16H,4H2,1-3H3,(H2,19,20,25). The summed E-state index contributed by atoms with van der Waals surface area (Å²) in [7, 11) is 0. The molecule has 0 spiro atoms. The fourth-order valence-electron chi connectivity index (χ4n) is 2.94. The van der Waals surface area contributed by atoms with Crippen LogP contribution in [0.25, 0.3) is 11.0 Å². The molecule has 1 aliphatic rings. The molecule has 1 aliphatic heterocycles. The number of carbonyl (C=O) groups excluding carboxylic acids is 1. The molecule has 1 aromatic heterocycles. The van der Waals surface area contributed by atoms with Crippen LogP contribution in [-0.4, -0.2) is 17.7 Å². The van der Waals surface area contributed by atoms with E-state index >= 15 is 0 Å². The highest BCUT2D eigenvalue weighted by Gasteiger charge is 2.32. The van der Waals surface area contributed by atoms with E-state index < -0.39 is 17.6 Å². The van der Waals surface area contributed by atoms with E-state index in [4.69, 9.17) is 21.4 Å². The molecule has 130 valence electrons. The second kappa shape index (κ2) is 6.68. The number of thiocarbonyl (C=S) groups is 1. The van der Waals surface area contributed by atoms with Gasteiger partial charge in [-0.25, -0.2) is 9.59 Å². The first-order chi connectivity index (χ1) is 11.9. The van der Waals surface area contributed by atoms with E-state index in [-0.39, 0.29) is 6.61 Å². The number of ether oxygens (including phenoxy) is 1. The minimum atomic E-state index is -0.595. The first kappa shape index (κ1) is 17.2. The molecule has 25 heavy (non-hydrogen) atoms. The van der Waals surface area contributed by atoms with Crippen LogP contribution in [0.15, 0.2) is 44.7 Å². The Bertz CT molecular complexity index is 961. The maximum atomic E-state index is 12.5. The fourth-order valence-corrected chi connectivity index (χ4v) is 3.21. The summed E-state index contributed by atoms with van der Waals surface area (Å²) in [5, 5.41) is 7.12. The summed E-state index contributed by atoms with van der Waals surface area (Å²) in [6.07, 6.45) is 0. The molecule has 0 aliphatic carbocycles. The summed E-state index contributed by atoms with van der Waals surface area (Å²) in [5.41, 5.74) is 2.56. The first-order valence-corrected chi connectivity index (χ1v) is 8.31. The lowest BCUT2D eigenvalue weighted by molar-refractivity contribution is -0.139. The van der Waals surface area contributed by atoms with Crippen LogP contribution in [-0.2, 0) is 9.53 Å². The SMILES string of the molecule is CCOC(=O)C1=C(C)NC(=S)NC1c1cc(=O)oc2cc(C)ccc12. The Morgan fingerprint density at radius 3 is 2.80 bits per heavy atom. The maximum Gasteiger partial charge on any atom is 0.338 e. The van der Waals surface area contributed by atoms with Gasteiger partial charge in [-0.1, -0.05) is 12.1 Å². The Kier molecular flexibility index (Phi) is 4.59. The van der Waals surface area contributed by atoms with Crippen LogP contribution < -0.4 is 16.3 Å². The molecule has 1 atom stereocenters. The summed E-state index contributed by atoms with van der Waals surface area (Å²) in [5.74, 6) is -0.457. The van der Waals surface area contributed by atoms with Gasteiger partial charge in [0.2, 0.25) is 0 Å². The fraction of sp³-hybridized carbons (Fsp3) is 0.278. The highest BCUT2D eigenvalue weighted by atomic mass is 32.1. The van der Waals surface area contributed by atoms with Crippen molar-refractivity contribution in [3.05, 3.63) is 57.1 Å². The number of allylic oxidation sites excluding steroid dienone is 1. The van der Waals surface area contributed by atoms with Crippen molar-refractivity contribution in [2.75, 3.05) is 6.61 Å². The molecule has 1 unspecified atom stereocenters. The van der Waals surface area contributed by atoms with Gasteiger partial charge in [0.25, 0.3) is 0 Å². The van der Waals surface area contributed by atoms with Crippen molar-refractivity contribution < 1.29 is 13.9 Å². The second-order valence-electron chi connectivity index (χ2n) is 5.81. The molecular weight excluding hydrogens is 340 g/mol. The van der Waals surface area contributed by atoms with Gasteiger partial charge in [0.05, 0.1) is 18.2 Å². The monoisotopic (exact) mass is 358 g/mol. The van der Waals surface area contributed by atoms with E-state index in [9.17, 15) is 9.59 Å². The van der Waals surface area contributed by atoms with Gasteiger partial charge in [-0.05, 0) is 50.2 Å². The van der Waals surface area contributed by atoms with Crippen molar-refractivity contribution >= 4 is 34.3 Å². The third-order valence-corrected chi connectivity index (χ3v) is 4.23.